The lowest BCUT2D eigenvalue weighted by Crippen LogP contribution is -2.62. The van der Waals surface area contributed by atoms with Crippen LogP contribution < -0.4 is 10.1 Å². The van der Waals surface area contributed by atoms with Gasteiger partial charge in [-0.3, -0.25) is 9.69 Å². The molecular weight excluding hydrogens is 525 g/mol. The minimum Gasteiger partial charge on any atom is -0.489 e. The van der Waals surface area contributed by atoms with Crippen LogP contribution in [0, 0.1) is 0 Å². The van der Waals surface area contributed by atoms with Crippen LogP contribution in [-0.4, -0.2) is 59.8 Å². The molecule has 1 amide bonds. The molecule has 3 aliphatic rings. The van der Waals surface area contributed by atoms with Crippen LogP contribution in [0.1, 0.15) is 53.6 Å². The van der Waals surface area contributed by atoms with Gasteiger partial charge < -0.3 is 19.9 Å². The summed E-state index contributed by atoms with van der Waals surface area (Å²) < 4.78 is 50.8. The number of carboxylic acid groups (broad SMARTS) is 1. The highest BCUT2D eigenvalue weighted by atomic mass is 35.5. The van der Waals surface area contributed by atoms with Crippen molar-refractivity contribution in [2.24, 2.45) is 0 Å². The average Bonchev–Trinajstić information content (AvgIpc) is 3.51. The van der Waals surface area contributed by atoms with E-state index < -0.39 is 28.8 Å². The molecule has 2 aromatic carbocycles. The second-order valence-corrected chi connectivity index (χ2v) is 10.1. The first-order chi connectivity index (χ1) is 17.6. The van der Waals surface area contributed by atoms with E-state index in [1.807, 2.05) is 0 Å². The molecule has 0 unspecified atom stereocenters. The molecule has 2 aromatic rings. The fourth-order valence-corrected chi connectivity index (χ4v) is 5.42. The monoisotopic (exact) mass is 554 g/mol. The van der Waals surface area contributed by atoms with Crippen molar-refractivity contribution in [1.82, 2.24) is 10.2 Å². The van der Waals surface area contributed by atoms with Crippen molar-refractivity contribution in [2.45, 2.75) is 55.5 Å². The lowest BCUT2D eigenvalue weighted by molar-refractivity contribution is -0.141. The average molecular weight is 555 g/mol. The standard InChI is InChI=1S/C27H29F3N2O5.ClH/c28-27(29,30)20-2-1-3-21(16-20)37-22-8-13-32(17-22)26(11-14-36-15-12-26)24(35)31-25(9-10-25)19-6-4-18(5-7-19)23(33)34;/h1-7,16,22H,8-15,17H2,(H,31,35)(H,33,34);1H/t22-;/m1./s1. The van der Waals surface area contributed by atoms with Crippen LogP contribution in [0.4, 0.5) is 13.2 Å². The summed E-state index contributed by atoms with van der Waals surface area (Å²) in [6, 6.07) is 11.5. The lowest BCUT2D eigenvalue weighted by Gasteiger charge is -2.43. The number of nitrogens with one attached hydrogen (secondary N) is 1. The number of halogens is 4. The number of aromatic carboxylic acids is 1. The van der Waals surface area contributed by atoms with Gasteiger partial charge in [0.2, 0.25) is 5.91 Å². The number of carbonyl (C=O) groups excluding carboxylic acids is 1. The van der Waals surface area contributed by atoms with Crippen LogP contribution in [0.5, 0.6) is 5.75 Å². The van der Waals surface area contributed by atoms with Gasteiger partial charge in [0, 0.05) is 26.3 Å². The highest BCUT2D eigenvalue weighted by Crippen LogP contribution is 2.47. The molecule has 1 aliphatic carbocycles. The molecule has 38 heavy (non-hydrogen) atoms. The predicted molar refractivity (Wildman–Crippen MR) is 135 cm³/mol. The number of carbonyl (C=O) groups is 2. The Morgan fingerprint density at radius 2 is 1.74 bits per heavy atom. The number of rotatable bonds is 7. The molecule has 0 radical (unpaired) electrons. The predicted octanol–water partition coefficient (Wildman–Crippen LogP) is 4.63. The molecule has 206 valence electrons. The van der Waals surface area contributed by atoms with E-state index in [1.165, 1.54) is 12.1 Å². The summed E-state index contributed by atoms with van der Waals surface area (Å²) in [5.74, 6) is -0.943. The number of hydrogen-bond acceptors (Lipinski definition) is 5. The van der Waals surface area contributed by atoms with Gasteiger partial charge in [0.1, 0.15) is 17.4 Å². The Kier molecular flexibility index (Phi) is 7.97. The van der Waals surface area contributed by atoms with Gasteiger partial charge in [-0.25, -0.2) is 4.79 Å². The summed E-state index contributed by atoms with van der Waals surface area (Å²) in [7, 11) is 0. The van der Waals surface area contributed by atoms with Gasteiger partial charge in [-0.05, 0) is 68.0 Å². The highest BCUT2D eigenvalue weighted by Gasteiger charge is 2.53. The van der Waals surface area contributed by atoms with E-state index in [0.29, 0.717) is 45.6 Å². The normalized spacial score (nSPS) is 22.2. The number of hydrogen-bond donors (Lipinski definition) is 2. The van der Waals surface area contributed by atoms with Crippen LogP contribution in [-0.2, 0) is 21.2 Å². The zero-order valence-electron chi connectivity index (χ0n) is 20.6. The Hall–Kier alpha value is -2.82. The summed E-state index contributed by atoms with van der Waals surface area (Å²) in [6.45, 7) is 1.87. The van der Waals surface area contributed by atoms with Crippen LogP contribution in [0.2, 0.25) is 0 Å². The van der Waals surface area contributed by atoms with Gasteiger partial charge in [0.15, 0.2) is 0 Å². The Morgan fingerprint density at radius 1 is 1.05 bits per heavy atom. The second-order valence-electron chi connectivity index (χ2n) is 10.1. The zero-order valence-corrected chi connectivity index (χ0v) is 21.4. The number of likely N-dealkylation sites (tertiary alicyclic amines) is 1. The van der Waals surface area contributed by atoms with E-state index in [1.54, 1.807) is 24.3 Å². The summed E-state index contributed by atoms with van der Waals surface area (Å²) in [5, 5.41) is 12.4. The third-order valence-corrected chi connectivity index (χ3v) is 7.74. The minimum atomic E-state index is -4.45. The first kappa shape index (κ1) is 28.2. The number of ether oxygens (including phenoxy) is 2. The fraction of sp³-hybridized carbons (Fsp3) is 0.481. The first-order valence-corrected chi connectivity index (χ1v) is 12.4. The number of amides is 1. The van der Waals surface area contributed by atoms with Crippen molar-refractivity contribution >= 4 is 24.3 Å². The third-order valence-electron chi connectivity index (χ3n) is 7.74. The number of carboxylic acids is 1. The third kappa shape index (κ3) is 5.62. The highest BCUT2D eigenvalue weighted by molar-refractivity contribution is 5.89. The Balaban J connectivity index is 0.00000336. The first-order valence-electron chi connectivity index (χ1n) is 12.4. The van der Waals surface area contributed by atoms with Crippen molar-refractivity contribution in [3.8, 4) is 5.75 Å². The summed E-state index contributed by atoms with van der Waals surface area (Å²) >= 11 is 0. The Labute approximate surface area is 224 Å². The van der Waals surface area contributed by atoms with Gasteiger partial charge in [0.05, 0.1) is 16.7 Å². The molecule has 2 heterocycles. The van der Waals surface area contributed by atoms with E-state index in [9.17, 15) is 27.9 Å². The van der Waals surface area contributed by atoms with E-state index >= 15 is 0 Å². The largest absolute Gasteiger partial charge is 0.489 e. The van der Waals surface area contributed by atoms with Crippen molar-refractivity contribution in [1.29, 1.82) is 0 Å². The van der Waals surface area contributed by atoms with Crippen molar-refractivity contribution in [3.63, 3.8) is 0 Å². The van der Waals surface area contributed by atoms with Crippen molar-refractivity contribution in [2.75, 3.05) is 26.3 Å². The molecule has 5 rings (SSSR count). The lowest BCUT2D eigenvalue weighted by atomic mass is 9.86. The fourth-order valence-electron chi connectivity index (χ4n) is 5.42. The maximum Gasteiger partial charge on any atom is 0.416 e. The minimum absolute atomic E-state index is 0. The van der Waals surface area contributed by atoms with Crippen LogP contribution in [0.25, 0.3) is 0 Å². The maximum atomic E-state index is 13.9. The number of alkyl halides is 3. The molecule has 0 spiro atoms. The van der Waals surface area contributed by atoms with E-state index in [2.05, 4.69) is 10.2 Å². The van der Waals surface area contributed by atoms with Gasteiger partial charge in [-0.1, -0.05) is 18.2 Å². The summed E-state index contributed by atoms with van der Waals surface area (Å²) in [6.07, 6.45) is -1.66. The molecule has 11 heteroatoms. The number of benzene rings is 2. The molecule has 3 fully saturated rings. The van der Waals surface area contributed by atoms with Crippen molar-refractivity contribution in [3.05, 3.63) is 65.2 Å². The number of nitrogens with zero attached hydrogens (tertiary/aromatic N) is 1. The van der Waals surface area contributed by atoms with E-state index in [4.69, 9.17) is 9.47 Å². The van der Waals surface area contributed by atoms with Gasteiger partial charge >= 0.3 is 12.1 Å². The van der Waals surface area contributed by atoms with Crippen molar-refractivity contribution < 1.29 is 37.3 Å². The molecule has 0 aromatic heterocycles. The summed E-state index contributed by atoms with van der Waals surface area (Å²) in [5.41, 5.74) is -1.02. The molecule has 0 bridgehead atoms. The van der Waals surface area contributed by atoms with Crippen LogP contribution in [0.3, 0.4) is 0 Å². The molecule has 1 atom stereocenters. The van der Waals surface area contributed by atoms with Crippen LogP contribution >= 0.6 is 12.4 Å². The Morgan fingerprint density at radius 3 is 2.34 bits per heavy atom. The van der Waals surface area contributed by atoms with Gasteiger partial charge in [-0.15, -0.1) is 12.4 Å². The second kappa shape index (κ2) is 10.7. The quantitative estimate of drug-likeness (QED) is 0.519. The topological polar surface area (TPSA) is 88.1 Å². The molecule has 2 N–H and O–H groups in total. The zero-order chi connectivity index (χ0) is 26.3. The van der Waals surface area contributed by atoms with Gasteiger partial charge in [-0.2, -0.15) is 13.2 Å². The molecule has 2 saturated heterocycles. The molecule has 1 saturated carbocycles. The molecule has 7 nitrogen and oxygen atoms in total. The maximum absolute atomic E-state index is 13.9. The SMILES string of the molecule is Cl.O=C(O)c1ccc(C2(NC(=O)C3(N4CC[C@@H](Oc5cccc(C(F)(F)F)c5)C4)CCOCC3)CC2)cc1. The van der Waals surface area contributed by atoms with E-state index in [0.717, 1.165) is 30.5 Å². The van der Waals surface area contributed by atoms with Gasteiger partial charge in [0.25, 0.3) is 0 Å². The molecule has 2 aliphatic heterocycles. The van der Waals surface area contributed by atoms with E-state index in [-0.39, 0.29) is 35.7 Å². The molecular formula is C27H30ClF3N2O5. The smallest absolute Gasteiger partial charge is 0.416 e. The van der Waals surface area contributed by atoms with Crippen LogP contribution in [0.15, 0.2) is 48.5 Å². The summed E-state index contributed by atoms with van der Waals surface area (Å²) in [4.78, 5) is 27.2. The Bertz CT molecular complexity index is 1160.